The zero-order chi connectivity index (χ0) is 9.68. The topological polar surface area (TPSA) is 67.2 Å². The van der Waals surface area contributed by atoms with Crippen LogP contribution in [-0.2, 0) is 6.54 Å². The maximum atomic E-state index is 10.7. The molecule has 13 heavy (non-hydrogen) atoms. The molecular formula is C9H13N3O. The maximum absolute atomic E-state index is 10.7. The molecule has 0 radical (unpaired) electrons. The molecule has 70 valence electrons. The van der Waals surface area contributed by atoms with E-state index in [1.807, 2.05) is 12.1 Å². The van der Waals surface area contributed by atoms with Crippen molar-refractivity contribution in [3.05, 3.63) is 35.4 Å². The van der Waals surface area contributed by atoms with E-state index in [0.717, 1.165) is 12.1 Å². The van der Waals surface area contributed by atoms with Crippen molar-refractivity contribution >= 4 is 5.91 Å². The van der Waals surface area contributed by atoms with Crippen LogP contribution >= 0.6 is 0 Å². The van der Waals surface area contributed by atoms with E-state index < -0.39 is 5.91 Å². The number of nitrogens with two attached hydrogens (primary N) is 1. The largest absolute Gasteiger partial charge is 0.366 e. The molecule has 0 aliphatic carbocycles. The van der Waals surface area contributed by atoms with E-state index in [1.54, 1.807) is 19.2 Å². The van der Waals surface area contributed by atoms with Crippen LogP contribution in [0.5, 0.6) is 0 Å². The lowest BCUT2D eigenvalue weighted by Crippen LogP contribution is -2.26. The average Bonchev–Trinajstić information content (AvgIpc) is 2.15. The number of hydrazine groups is 1. The summed E-state index contributed by atoms with van der Waals surface area (Å²) in [5, 5.41) is 0. The summed E-state index contributed by atoms with van der Waals surface area (Å²) in [6.07, 6.45) is 0. The van der Waals surface area contributed by atoms with Gasteiger partial charge in [-0.15, -0.1) is 0 Å². The molecule has 0 spiro atoms. The van der Waals surface area contributed by atoms with E-state index in [4.69, 9.17) is 5.73 Å². The highest BCUT2D eigenvalue weighted by Crippen LogP contribution is 2.02. The van der Waals surface area contributed by atoms with Crippen molar-refractivity contribution in [3.8, 4) is 0 Å². The first-order valence-electron chi connectivity index (χ1n) is 4.02. The number of hydrogen-bond acceptors (Lipinski definition) is 3. The number of carbonyl (C=O) groups excluding carboxylic acids is 1. The molecule has 4 nitrogen and oxygen atoms in total. The quantitative estimate of drug-likeness (QED) is 0.570. The number of nitrogens with one attached hydrogen (secondary N) is 2. The van der Waals surface area contributed by atoms with Crippen LogP contribution in [0.4, 0.5) is 0 Å². The van der Waals surface area contributed by atoms with Gasteiger partial charge in [-0.25, -0.2) is 0 Å². The predicted octanol–water partition coefficient (Wildman–Crippen LogP) is 0.00950. The highest BCUT2D eigenvalue weighted by atomic mass is 16.1. The van der Waals surface area contributed by atoms with Crippen molar-refractivity contribution in [1.29, 1.82) is 0 Å². The molecule has 0 saturated heterocycles. The minimum Gasteiger partial charge on any atom is -0.366 e. The Kier molecular flexibility index (Phi) is 3.42. The van der Waals surface area contributed by atoms with Gasteiger partial charge in [0.2, 0.25) is 5.91 Å². The summed E-state index contributed by atoms with van der Waals surface area (Å²) in [7, 11) is 1.80. The van der Waals surface area contributed by atoms with Gasteiger partial charge in [0.25, 0.3) is 0 Å². The van der Waals surface area contributed by atoms with E-state index in [-0.39, 0.29) is 0 Å². The Labute approximate surface area is 77.1 Å². The molecule has 0 aliphatic rings. The predicted molar refractivity (Wildman–Crippen MR) is 50.9 cm³/mol. The number of carbonyl (C=O) groups is 1. The van der Waals surface area contributed by atoms with Crippen molar-refractivity contribution in [2.45, 2.75) is 6.54 Å². The van der Waals surface area contributed by atoms with E-state index >= 15 is 0 Å². The summed E-state index contributed by atoms with van der Waals surface area (Å²) < 4.78 is 0. The lowest BCUT2D eigenvalue weighted by molar-refractivity contribution is 0.100. The second kappa shape index (κ2) is 4.59. The van der Waals surface area contributed by atoms with Crippen molar-refractivity contribution in [1.82, 2.24) is 10.9 Å². The Bertz CT molecular complexity index is 281. The van der Waals surface area contributed by atoms with Crippen LogP contribution in [0.2, 0.25) is 0 Å². The fourth-order valence-corrected chi connectivity index (χ4v) is 0.977. The summed E-state index contributed by atoms with van der Waals surface area (Å²) in [5.74, 6) is -0.395. The third-order valence-corrected chi connectivity index (χ3v) is 1.71. The number of amides is 1. The van der Waals surface area contributed by atoms with Gasteiger partial charge in [0.1, 0.15) is 0 Å². The molecule has 0 heterocycles. The Hall–Kier alpha value is -1.39. The molecule has 1 aromatic carbocycles. The van der Waals surface area contributed by atoms with Gasteiger partial charge >= 0.3 is 0 Å². The lowest BCUT2D eigenvalue weighted by atomic mass is 10.1. The maximum Gasteiger partial charge on any atom is 0.248 e. The molecule has 4 heteroatoms. The molecule has 4 N–H and O–H groups in total. The Balaban J connectivity index is 2.64. The first kappa shape index (κ1) is 9.70. The van der Waals surface area contributed by atoms with Gasteiger partial charge in [0, 0.05) is 12.1 Å². The molecule has 0 aliphatic heterocycles. The van der Waals surface area contributed by atoms with Crippen LogP contribution in [-0.4, -0.2) is 13.0 Å². The fourth-order valence-electron chi connectivity index (χ4n) is 0.977. The number of benzene rings is 1. The molecular weight excluding hydrogens is 166 g/mol. The zero-order valence-corrected chi connectivity index (χ0v) is 7.50. The summed E-state index contributed by atoms with van der Waals surface area (Å²) in [6.45, 7) is 0.718. The first-order valence-corrected chi connectivity index (χ1v) is 4.02. The van der Waals surface area contributed by atoms with Gasteiger partial charge in [0.05, 0.1) is 0 Å². The van der Waals surface area contributed by atoms with Crippen molar-refractivity contribution in [3.63, 3.8) is 0 Å². The number of rotatable bonds is 4. The van der Waals surface area contributed by atoms with Gasteiger partial charge in [-0.3, -0.25) is 15.6 Å². The summed E-state index contributed by atoms with van der Waals surface area (Å²) in [5.41, 5.74) is 12.5. The molecule has 0 fully saturated rings. The number of primary amides is 1. The van der Waals surface area contributed by atoms with Crippen LogP contribution in [0.1, 0.15) is 15.9 Å². The Morgan fingerprint density at radius 1 is 1.38 bits per heavy atom. The monoisotopic (exact) mass is 179 g/mol. The summed E-state index contributed by atoms with van der Waals surface area (Å²) in [6, 6.07) is 7.17. The van der Waals surface area contributed by atoms with Crippen molar-refractivity contribution in [2.75, 3.05) is 7.05 Å². The van der Waals surface area contributed by atoms with Gasteiger partial charge in [-0.05, 0) is 24.7 Å². The third-order valence-electron chi connectivity index (χ3n) is 1.71. The fraction of sp³-hybridized carbons (Fsp3) is 0.222. The standard InChI is InChI=1S/C9H13N3O/c1-11-12-6-7-2-4-8(5-3-7)9(10)13/h2-5,11-12H,6H2,1H3,(H2,10,13). The van der Waals surface area contributed by atoms with Crippen molar-refractivity contribution in [2.24, 2.45) is 5.73 Å². The molecule has 0 unspecified atom stereocenters. The molecule has 1 aromatic rings. The average molecular weight is 179 g/mol. The highest BCUT2D eigenvalue weighted by Gasteiger charge is 1.98. The van der Waals surface area contributed by atoms with E-state index in [1.165, 1.54) is 0 Å². The smallest absolute Gasteiger partial charge is 0.248 e. The Morgan fingerprint density at radius 2 is 2.00 bits per heavy atom. The molecule has 1 rings (SSSR count). The van der Waals surface area contributed by atoms with Crippen LogP contribution in [0, 0.1) is 0 Å². The first-order chi connectivity index (χ1) is 6.24. The molecule has 0 bridgehead atoms. The normalized spacial score (nSPS) is 9.92. The van der Waals surface area contributed by atoms with E-state index in [0.29, 0.717) is 5.56 Å². The minimum absolute atomic E-state index is 0.395. The van der Waals surface area contributed by atoms with E-state index in [9.17, 15) is 4.79 Å². The SMILES string of the molecule is CNNCc1ccc(C(N)=O)cc1. The highest BCUT2D eigenvalue weighted by molar-refractivity contribution is 5.92. The zero-order valence-electron chi connectivity index (χ0n) is 7.50. The Morgan fingerprint density at radius 3 is 2.46 bits per heavy atom. The van der Waals surface area contributed by atoms with Gasteiger partial charge in [-0.2, -0.15) is 0 Å². The summed E-state index contributed by atoms with van der Waals surface area (Å²) in [4.78, 5) is 10.7. The number of hydrogen-bond donors (Lipinski definition) is 3. The molecule has 0 saturated carbocycles. The van der Waals surface area contributed by atoms with Crippen LogP contribution in [0.25, 0.3) is 0 Å². The summed E-state index contributed by atoms with van der Waals surface area (Å²) >= 11 is 0. The van der Waals surface area contributed by atoms with Gasteiger partial charge in [0.15, 0.2) is 0 Å². The molecule has 0 atom stereocenters. The van der Waals surface area contributed by atoms with Gasteiger partial charge < -0.3 is 5.73 Å². The molecule has 0 aromatic heterocycles. The third kappa shape index (κ3) is 2.85. The van der Waals surface area contributed by atoms with Crippen LogP contribution in [0.3, 0.4) is 0 Å². The second-order valence-corrected chi connectivity index (χ2v) is 2.66. The minimum atomic E-state index is -0.395. The van der Waals surface area contributed by atoms with Gasteiger partial charge in [-0.1, -0.05) is 12.1 Å². The van der Waals surface area contributed by atoms with Crippen LogP contribution < -0.4 is 16.6 Å². The lowest BCUT2D eigenvalue weighted by Gasteiger charge is -2.02. The molecule has 1 amide bonds. The second-order valence-electron chi connectivity index (χ2n) is 2.66. The van der Waals surface area contributed by atoms with Crippen molar-refractivity contribution < 1.29 is 4.79 Å². The van der Waals surface area contributed by atoms with E-state index in [2.05, 4.69) is 10.9 Å². The van der Waals surface area contributed by atoms with Crippen LogP contribution in [0.15, 0.2) is 24.3 Å².